The molecule has 0 radical (unpaired) electrons. The smallest absolute Gasteiger partial charge is 0.141 e. The Bertz CT molecular complexity index is 584. The summed E-state index contributed by atoms with van der Waals surface area (Å²) in [5, 5.41) is 0.447. The van der Waals surface area contributed by atoms with E-state index in [9.17, 15) is 4.39 Å². The largest absolute Gasteiger partial charge is 0.326 e. The number of aromatic nitrogens is 2. The fourth-order valence-corrected chi connectivity index (χ4v) is 2.13. The number of hydrogen-bond acceptors (Lipinski definition) is 3. The number of halogens is 2. The van der Waals surface area contributed by atoms with Gasteiger partial charge in [0.25, 0.3) is 0 Å². The van der Waals surface area contributed by atoms with E-state index in [-0.39, 0.29) is 5.82 Å². The van der Waals surface area contributed by atoms with Crippen LogP contribution >= 0.6 is 11.6 Å². The molecule has 0 atom stereocenters. The van der Waals surface area contributed by atoms with Gasteiger partial charge in [0, 0.05) is 17.8 Å². The van der Waals surface area contributed by atoms with Crippen LogP contribution in [0, 0.1) is 19.7 Å². The van der Waals surface area contributed by atoms with Crippen LogP contribution in [0.3, 0.4) is 0 Å². The van der Waals surface area contributed by atoms with Crippen LogP contribution in [0.1, 0.15) is 18.3 Å². The van der Waals surface area contributed by atoms with E-state index in [0.29, 0.717) is 17.5 Å². The molecule has 1 aromatic carbocycles. The summed E-state index contributed by atoms with van der Waals surface area (Å²) < 4.78 is 13.0. The second kappa shape index (κ2) is 5.53. The minimum absolute atomic E-state index is 0.256. The van der Waals surface area contributed by atoms with Crippen molar-refractivity contribution >= 4 is 23.1 Å². The zero-order chi connectivity index (χ0) is 14.0. The Kier molecular flexibility index (Phi) is 4.00. The van der Waals surface area contributed by atoms with Gasteiger partial charge in [-0.15, -0.1) is 0 Å². The highest BCUT2D eigenvalue weighted by molar-refractivity contribution is 6.30. The van der Waals surface area contributed by atoms with Gasteiger partial charge >= 0.3 is 0 Å². The van der Waals surface area contributed by atoms with Crippen LogP contribution in [0.4, 0.5) is 15.9 Å². The molecule has 0 fully saturated rings. The van der Waals surface area contributed by atoms with E-state index in [4.69, 9.17) is 11.6 Å². The molecule has 0 bridgehead atoms. The lowest BCUT2D eigenvalue weighted by atomic mass is 10.2. The first-order chi connectivity index (χ1) is 9.02. The van der Waals surface area contributed by atoms with Crippen LogP contribution in [-0.2, 0) is 0 Å². The third kappa shape index (κ3) is 2.84. The third-order valence-corrected chi connectivity index (χ3v) is 3.25. The number of rotatable bonds is 3. The van der Waals surface area contributed by atoms with E-state index in [1.165, 1.54) is 12.1 Å². The Balaban J connectivity index is 2.50. The van der Waals surface area contributed by atoms with Crippen LogP contribution in [0.2, 0.25) is 5.15 Å². The molecule has 2 rings (SSSR count). The van der Waals surface area contributed by atoms with Gasteiger partial charge in [0.2, 0.25) is 0 Å². The highest BCUT2D eigenvalue weighted by atomic mass is 35.5. The lowest BCUT2D eigenvalue weighted by Crippen LogP contribution is -2.19. The highest BCUT2D eigenvalue weighted by Crippen LogP contribution is 2.29. The van der Waals surface area contributed by atoms with Gasteiger partial charge < -0.3 is 4.90 Å². The maximum absolute atomic E-state index is 13.0. The van der Waals surface area contributed by atoms with E-state index < -0.39 is 0 Å². The van der Waals surface area contributed by atoms with E-state index >= 15 is 0 Å². The molecule has 19 heavy (non-hydrogen) atoms. The molecular formula is C14H15ClFN3. The Morgan fingerprint density at radius 3 is 2.37 bits per heavy atom. The monoisotopic (exact) mass is 279 g/mol. The second-order valence-electron chi connectivity index (χ2n) is 4.23. The van der Waals surface area contributed by atoms with Crippen molar-refractivity contribution in [2.45, 2.75) is 20.8 Å². The van der Waals surface area contributed by atoms with Gasteiger partial charge in [0.05, 0.1) is 0 Å². The molecule has 0 unspecified atom stereocenters. The summed E-state index contributed by atoms with van der Waals surface area (Å²) in [7, 11) is 0. The van der Waals surface area contributed by atoms with E-state index in [1.54, 1.807) is 19.1 Å². The Morgan fingerprint density at radius 1 is 1.16 bits per heavy atom. The quantitative estimate of drug-likeness (QED) is 0.794. The minimum atomic E-state index is -0.256. The fourth-order valence-electron chi connectivity index (χ4n) is 1.92. The van der Waals surface area contributed by atoms with Gasteiger partial charge in [-0.1, -0.05) is 11.6 Å². The summed E-state index contributed by atoms with van der Waals surface area (Å²) in [6.07, 6.45) is 0. The van der Waals surface area contributed by atoms with Crippen molar-refractivity contribution in [1.82, 2.24) is 9.97 Å². The molecule has 0 aliphatic carbocycles. The van der Waals surface area contributed by atoms with E-state index in [1.807, 2.05) is 18.7 Å². The van der Waals surface area contributed by atoms with Crippen molar-refractivity contribution in [3.63, 3.8) is 0 Å². The van der Waals surface area contributed by atoms with Gasteiger partial charge in [-0.05, 0) is 45.0 Å². The first-order valence-electron chi connectivity index (χ1n) is 6.06. The van der Waals surface area contributed by atoms with Crippen molar-refractivity contribution in [3.05, 3.63) is 46.6 Å². The zero-order valence-electron chi connectivity index (χ0n) is 11.1. The second-order valence-corrected chi connectivity index (χ2v) is 4.59. The Labute approximate surface area is 117 Å². The van der Waals surface area contributed by atoms with E-state index in [0.717, 1.165) is 17.1 Å². The van der Waals surface area contributed by atoms with Crippen LogP contribution in [-0.4, -0.2) is 16.5 Å². The number of anilines is 2. The summed E-state index contributed by atoms with van der Waals surface area (Å²) in [6, 6.07) is 6.32. The van der Waals surface area contributed by atoms with Crippen LogP contribution in [0.25, 0.3) is 0 Å². The molecule has 0 aliphatic rings. The van der Waals surface area contributed by atoms with Crippen molar-refractivity contribution < 1.29 is 4.39 Å². The molecule has 2 aromatic rings. The van der Waals surface area contributed by atoms with Crippen LogP contribution < -0.4 is 4.90 Å². The standard InChI is InChI=1S/C14H15ClFN3/c1-4-19(12-7-5-11(16)6-8-12)14-9(2)13(15)17-10(3)18-14/h5-8H,4H2,1-3H3. The average molecular weight is 280 g/mol. The number of hydrogen-bond donors (Lipinski definition) is 0. The highest BCUT2D eigenvalue weighted by Gasteiger charge is 2.15. The molecule has 1 heterocycles. The van der Waals surface area contributed by atoms with Crippen LogP contribution in [0.5, 0.6) is 0 Å². The van der Waals surface area contributed by atoms with Crippen LogP contribution in [0.15, 0.2) is 24.3 Å². The predicted octanol–water partition coefficient (Wildman–Crippen LogP) is 4.04. The van der Waals surface area contributed by atoms with Gasteiger partial charge in [-0.3, -0.25) is 0 Å². The molecule has 0 saturated heterocycles. The topological polar surface area (TPSA) is 29.0 Å². The van der Waals surface area contributed by atoms with Crippen molar-refractivity contribution in [3.8, 4) is 0 Å². The molecule has 3 nitrogen and oxygen atoms in total. The molecule has 0 amide bonds. The minimum Gasteiger partial charge on any atom is -0.326 e. The maximum atomic E-state index is 13.0. The van der Waals surface area contributed by atoms with Crippen molar-refractivity contribution in [1.29, 1.82) is 0 Å². The Hall–Kier alpha value is -1.68. The first-order valence-corrected chi connectivity index (χ1v) is 6.44. The molecule has 0 spiro atoms. The fraction of sp³-hybridized carbons (Fsp3) is 0.286. The Morgan fingerprint density at radius 2 is 1.79 bits per heavy atom. The van der Waals surface area contributed by atoms with E-state index in [2.05, 4.69) is 9.97 Å². The lowest BCUT2D eigenvalue weighted by molar-refractivity contribution is 0.627. The zero-order valence-corrected chi connectivity index (χ0v) is 11.9. The predicted molar refractivity (Wildman–Crippen MR) is 75.6 cm³/mol. The summed E-state index contributed by atoms with van der Waals surface area (Å²) in [5.41, 5.74) is 1.69. The maximum Gasteiger partial charge on any atom is 0.141 e. The molecule has 100 valence electrons. The molecule has 5 heteroatoms. The summed E-state index contributed by atoms with van der Waals surface area (Å²) in [6.45, 7) is 6.39. The normalized spacial score (nSPS) is 10.6. The van der Waals surface area contributed by atoms with Gasteiger partial charge in [-0.25, -0.2) is 14.4 Å². The molecule has 0 N–H and O–H groups in total. The van der Waals surface area contributed by atoms with Gasteiger partial charge in [-0.2, -0.15) is 0 Å². The van der Waals surface area contributed by atoms with Gasteiger partial charge in [0.15, 0.2) is 0 Å². The molecule has 1 aromatic heterocycles. The molecule has 0 aliphatic heterocycles. The summed E-state index contributed by atoms with van der Waals surface area (Å²) >= 11 is 6.10. The third-order valence-electron chi connectivity index (χ3n) is 2.88. The summed E-state index contributed by atoms with van der Waals surface area (Å²) in [4.78, 5) is 10.5. The first kappa shape index (κ1) is 13.7. The number of aryl methyl sites for hydroxylation is 1. The molecule has 0 saturated carbocycles. The lowest BCUT2D eigenvalue weighted by Gasteiger charge is -2.24. The number of nitrogens with zero attached hydrogens (tertiary/aromatic N) is 3. The van der Waals surface area contributed by atoms with Crippen molar-refractivity contribution in [2.24, 2.45) is 0 Å². The summed E-state index contributed by atoms with van der Waals surface area (Å²) in [5.74, 6) is 1.12. The van der Waals surface area contributed by atoms with Crippen molar-refractivity contribution in [2.75, 3.05) is 11.4 Å². The number of benzene rings is 1. The average Bonchev–Trinajstić information content (AvgIpc) is 2.38. The molecular weight excluding hydrogens is 265 g/mol. The SMILES string of the molecule is CCN(c1ccc(F)cc1)c1nc(C)nc(Cl)c1C. The van der Waals surface area contributed by atoms with Gasteiger partial charge in [0.1, 0.15) is 22.6 Å².